The van der Waals surface area contributed by atoms with Crippen molar-refractivity contribution in [1.82, 2.24) is 14.5 Å². The molecule has 0 bridgehead atoms. The molecule has 30 heavy (non-hydrogen) atoms. The number of thiophene rings is 1. The van der Waals surface area contributed by atoms with Crippen LogP contribution in [0.4, 0.5) is 9.52 Å². The van der Waals surface area contributed by atoms with Gasteiger partial charge in [0.05, 0.1) is 0 Å². The highest BCUT2D eigenvalue weighted by Crippen LogP contribution is 2.28. The zero-order chi connectivity index (χ0) is 21.6. The van der Waals surface area contributed by atoms with Crippen molar-refractivity contribution in [2.24, 2.45) is 0 Å². The number of carbonyl (C=O) groups excluding carboxylic acids is 1. The van der Waals surface area contributed by atoms with Crippen LogP contribution in [0, 0.1) is 5.82 Å². The van der Waals surface area contributed by atoms with E-state index in [1.54, 1.807) is 29.6 Å². The third-order valence-corrected chi connectivity index (χ3v) is 9.24. The van der Waals surface area contributed by atoms with Gasteiger partial charge in [0.25, 0.3) is 10.0 Å². The molecule has 2 heterocycles. The van der Waals surface area contributed by atoms with E-state index in [1.165, 1.54) is 46.6 Å². The molecule has 3 aromatic rings. The molecular formula is C18H19FN4O3S4. The third-order valence-electron chi connectivity index (χ3n) is 3.96. The summed E-state index contributed by atoms with van der Waals surface area (Å²) in [7, 11) is -2.00. The van der Waals surface area contributed by atoms with Gasteiger partial charge in [0.15, 0.2) is 4.34 Å². The molecule has 2 aromatic heterocycles. The number of amides is 1. The minimum atomic E-state index is -3.50. The number of hydrogen-bond acceptors (Lipinski definition) is 8. The number of rotatable bonds is 10. The maximum atomic E-state index is 12.9. The van der Waals surface area contributed by atoms with Crippen LogP contribution in [0.25, 0.3) is 0 Å². The Hall–Kier alpha value is -1.86. The van der Waals surface area contributed by atoms with Crippen molar-refractivity contribution in [3.05, 3.63) is 53.2 Å². The Kier molecular flexibility index (Phi) is 7.94. The summed E-state index contributed by atoms with van der Waals surface area (Å²) in [5.41, 5.74) is 0.962. The van der Waals surface area contributed by atoms with E-state index < -0.39 is 10.0 Å². The highest BCUT2D eigenvalue weighted by molar-refractivity contribution is 8.00. The smallest absolute Gasteiger partial charge is 0.252 e. The van der Waals surface area contributed by atoms with Crippen molar-refractivity contribution in [2.45, 2.75) is 27.1 Å². The van der Waals surface area contributed by atoms with Gasteiger partial charge in [0.1, 0.15) is 10.0 Å². The zero-order valence-electron chi connectivity index (χ0n) is 15.9. The standard InChI is InChI=1S/C18H19FN4O3S4/c1-23(30(25,26)16-5-3-11-27-16)10-2-4-15(24)20-17-21-22-18(29-17)28-12-13-6-8-14(19)9-7-13/h3,5-9,11H,2,4,10,12H2,1H3,(H,20,21,24). The average Bonchev–Trinajstić information content (AvgIpc) is 3.40. The van der Waals surface area contributed by atoms with Gasteiger partial charge >= 0.3 is 0 Å². The fraction of sp³-hybridized carbons (Fsp3) is 0.278. The second-order valence-electron chi connectivity index (χ2n) is 6.20. The predicted molar refractivity (Wildman–Crippen MR) is 118 cm³/mol. The quantitative estimate of drug-likeness (QED) is 0.343. The van der Waals surface area contributed by atoms with Crippen LogP contribution in [0.2, 0.25) is 0 Å². The molecule has 12 heteroatoms. The van der Waals surface area contributed by atoms with Gasteiger partial charge in [-0.15, -0.1) is 21.5 Å². The fourth-order valence-corrected chi connectivity index (χ4v) is 6.51. The lowest BCUT2D eigenvalue weighted by atomic mass is 10.2. The van der Waals surface area contributed by atoms with Crippen molar-refractivity contribution in [3.8, 4) is 0 Å². The highest BCUT2D eigenvalue weighted by atomic mass is 32.2. The Bertz CT molecular complexity index is 1070. The Labute approximate surface area is 186 Å². The molecule has 0 atom stereocenters. The molecule has 0 saturated carbocycles. The van der Waals surface area contributed by atoms with Crippen molar-refractivity contribution in [3.63, 3.8) is 0 Å². The molecule has 0 spiro atoms. The molecule has 7 nitrogen and oxygen atoms in total. The Balaban J connectivity index is 1.41. The zero-order valence-corrected chi connectivity index (χ0v) is 19.2. The number of aromatic nitrogens is 2. The summed E-state index contributed by atoms with van der Waals surface area (Å²) < 4.78 is 39.8. The van der Waals surface area contributed by atoms with Crippen LogP contribution in [-0.2, 0) is 20.6 Å². The van der Waals surface area contributed by atoms with Gasteiger partial charge in [-0.05, 0) is 35.6 Å². The topological polar surface area (TPSA) is 92.3 Å². The van der Waals surface area contributed by atoms with Crippen LogP contribution >= 0.6 is 34.4 Å². The molecule has 160 valence electrons. The summed E-state index contributed by atoms with van der Waals surface area (Å²) >= 11 is 3.87. The van der Waals surface area contributed by atoms with E-state index in [2.05, 4.69) is 15.5 Å². The van der Waals surface area contributed by atoms with E-state index in [0.29, 0.717) is 21.6 Å². The van der Waals surface area contributed by atoms with E-state index in [-0.39, 0.29) is 28.9 Å². The second kappa shape index (κ2) is 10.4. The van der Waals surface area contributed by atoms with Crippen molar-refractivity contribution in [1.29, 1.82) is 0 Å². The summed E-state index contributed by atoms with van der Waals surface area (Å²) in [6.07, 6.45) is 0.555. The number of nitrogens with one attached hydrogen (secondary N) is 1. The number of benzene rings is 1. The first-order valence-corrected chi connectivity index (χ1v) is 13.0. The molecule has 0 radical (unpaired) electrons. The number of sulfonamides is 1. The van der Waals surface area contributed by atoms with Gasteiger partial charge < -0.3 is 5.32 Å². The largest absolute Gasteiger partial charge is 0.301 e. The SMILES string of the molecule is CN(CCCC(=O)Nc1nnc(SCc2ccc(F)cc2)s1)S(=O)(=O)c1cccs1. The van der Waals surface area contributed by atoms with Crippen molar-refractivity contribution < 1.29 is 17.6 Å². The molecule has 0 aliphatic rings. The second-order valence-corrected chi connectivity index (χ2v) is 11.6. The van der Waals surface area contributed by atoms with Gasteiger partial charge in [0, 0.05) is 25.8 Å². The van der Waals surface area contributed by atoms with E-state index >= 15 is 0 Å². The minimum Gasteiger partial charge on any atom is -0.301 e. The Morgan fingerprint density at radius 3 is 2.70 bits per heavy atom. The summed E-state index contributed by atoms with van der Waals surface area (Å²) in [6.45, 7) is 0.239. The number of halogens is 1. The van der Waals surface area contributed by atoms with E-state index in [9.17, 15) is 17.6 Å². The van der Waals surface area contributed by atoms with Gasteiger partial charge in [0.2, 0.25) is 11.0 Å². The molecule has 3 rings (SSSR count). The Morgan fingerprint density at radius 1 is 1.23 bits per heavy atom. The van der Waals surface area contributed by atoms with Gasteiger partial charge in [-0.25, -0.2) is 17.1 Å². The summed E-state index contributed by atoms with van der Waals surface area (Å²) in [5, 5.41) is 12.8. The first-order valence-electron chi connectivity index (χ1n) is 8.85. The number of nitrogens with zero attached hydrogens (tertiary/aromatic N) is 3. The average molecular weight is 487 g/mol. The number of anilines is 1. The normalized spacial score (nSPS) is 11.7. The predicted octanol–water partition coefficient (Wildman–Crippen LogP) is 4.07. The van der Waals surface area contributed by atoms with Gasteiger partial charge in [-0.1, -0.05) is 41.3 Å². The minimum absolute atomic E-state index is 0.169. The maximum Gasteiger partial charge on any atom is 0.252 e. The highest BCUT2D eigenvalue weighted by Gasteiger charge is 2.21. The lowest BCUT2D eigenvalue weighted by Crippen LogP contribution is -2.28. The lowest BCUT2D eigenvalue weighted by Gasteiger charge is -2.15. The van der Waals surface area contributed by atoms with E-state index in [1.807, 2.05) is 0 Å². The number of hydrogen-bond donors (Lipinski definition) is 1. The molecule has 1 amide bonds. The van der Waals surface area contributed by atoms with Crippen LogP contribution in [-0.4, -0.2) is 42.4 Å². The molecule has 0 aliphatic carbocycles. The van der Waals surface area contributed by atoms with Gasteiger partial charge in [-0.2, -0.15) is 0 Å². The molecular weight excluding hydrogens is 467 g/mol. The monoisotopic (exact) mass is 486 g/mol. The van der Waals surface area contributed by atoms with E-state index in [0.717, 1.165) is 16.9 Å². The molecule has 0 fully saturated rings. The van der Waals surface area contributed by atoms with Crippen molar-refractivity contribution >= 4 is 55.5 Å². The summed E-state index contributed by atoms with van der Waals surface area (Å²) in [4.78, 5) is 12.1. The lowest BCUT2D eigenvalue weighted by molar-refractivity contribution is -0.116. The summed E-state index contributed by atoms with van der Waals surface area (Å²) in [6, 6.07) is 9.48. The molecule has 0 aliphatic heterocycles. The maximum absolute atomic E-state index is 12.9. The van der Waals surface area contributed by atoms with E-state index in [4.69, 9.17) is 0 Å². The molecule has 1 aromatic carbocycles. The first-order chi connectivity index (χ1) is 14.3. The van der Waals surface area contributed by atoms with Crippen LogP contribution in [0.15, 0.2) is 50.3 Å². The fourth-order valence-electron chi connectivity index (χ4n) is 2.37. The Morgan fingerprint density at radius 2 is 2.00 bits per heavy atom. The van der Waals surface area contributed by atoms with Gasteiger partial charge in [-0.3, -0.25) is 4.79 Å². The molecule has 1 N–H and O–H groups in total. The third kappa shape index (κ3) is 6.32. The molecule has 0 saturated heterocycles. The number of carbonyl (C=O) groups is 1. The number of thioether (sulfide) groups is 1. The summed E-state index contributed by atoms with van der Waals surface area (Å²) in [5.74, 6) is 0.0941. The van der Waals surface area contributed by atoms with Crippen LogP contribution < -0.4 is 5.32 Å². The first kappa shape index (κ1) is 22.8. The van der Waals surface area contributed by atoms with Crippen LogP contribution in [0.5, 0.6) is 0 Å². The van der Waals surface area contributed by atoms with Crippen LogP contribution in [0.1, 0.15) is 18.4 Å². The molecule has 0 unspecified atom stereocenters. The van der Waals surface area contributed by atoms with Crippen LogP contribution in [0.3, 0.4) is 0 Å². The van der Waals surface area contributed by atoms with Crippen molar-refractivity contribution in [2.75, 3.05) is 18.9 Å².